The van der Waals surface area contributed by atoms with Crippen LogP contribution < -0.4 is 20.7 Å². The molecule has 0 saturated carbocycles. The number of carbonyl (C=O) groups is 4. The molecular weight excluding hydrogens is 520 g/mol. The van der Waals surface area contributed by atoms with Crippen molar-refractivity contribution in [2.45, 2.75) is 17.7 Å². The third kappa shape index (κ3) is 7.15. The van der Waals surface area contributed by atoms with Crippen molar-refractivity contribution in [3.63, 3.8) is 0 Å². The van der Waals surface area contributed by atoms with Crippen LogP contribution in [0.2, 0.25) is 0 Å². The van der Waals surface area contributed by atoms with Gasteiger partial charge in [0.1, 0.15) is 0 Å². The minimum atomic E-state index is -4.08. The van der Waals surface area contributed by atoms with Gasteiger partial charge in [-0.25, -0.2) is 8.42 Å². The molecule has 3 amide bonds. The van der Waals surface area contributed by atoms with Gasteiger partial charge in [-0.3, -0.25) is 29.2 Å². The Morgan fingerprint density at radius 2 is 1.44 bits per heavy atom. The predicted molar refractivity (Wildman–Crippen MR) is 145 cm³/mol. The first kappa shape index (κ1) is 27.7. The van der Waals surface area contributed by atoms with Crippen LogP contribution in [0.4, 0.5) is 5.69 Å². The lowest BCUT2D eigenvalue weighted by Crippen LogP contribution is -2.44. The zero-order chi connectivity index (χ0) is 27.8. The van der Waals surface area contributed by atoms with E-state index in [9.17, 15) is 27.6 Å². The number of sulfonamides is 1. The number of hydrogen-bond donors (Lipinski definition) is 4. The fraction of sp³-hybridized carbons (Fsp3) is 0.214. The lowest BCUT2D eigenvalue weighted by molar-refractivity contribution is -0.132. The number of rotatable bonds is 9. The number of benzene rings is 3. The van der Waals surface area contributed by atoms with Gasteiger partial charge in [-0.2, -0.15) is 0 Å². The number of nitrogens with one attached hydrogen (secondary N) is 4. The van der Waals surface area contributed by atoms with Crippen LogP contribution in [0.3, 0.4) is 0 Å². The van der Waals surface area contributed by atoms with Gasteiger partial charge in [-0.05, 0) is 62.3 Å². The van der Waals surface area contributed by atoms with E-state index in [1.807, 2.05) is 0 Å². The molecule has 3 aromatic rings. The van der Waals surface area contributed by atoms with Crippen LogP contribution in [-0.4, -0.2) is 51.6 Å². The Balaban J connectivity index is 1.37. The van der Waals surface area contributed by atoms with Gasteiger partial charge in [0.25, 0.3) is 15.9 Å². The molecule has 1 saturated heterocycles. The average Bonchev–Trinajstić information content (AvgIpc) is 2.96. The smallest absolute Gasteiger partial charge is 0.261 e. The van der Waals surface area contributed by atoms with Gasteiger partial charge in [0.2, 0.25) is 11.8 Å². The van der Waals surface area contributed by atoms with E-state index in [0.29, 0.717) is 31.5 Å². The molecule has 1 aliphatic rings. The summed E-state index contributed by atoms with van der Waals surface area (Å²) in [6.45, 7) is 1.02. The second-order valence-corrected chi connectivity index (χ2v) is 10.7. The maximum atomic E-state index is 13.0. The molecule has 10 nitrogen and oxygen atoms in total. The Morgan fingerprint density at radius 1 is 0.795 bits per heavy atom. The number of carbonyl (C=O) groups excluding carboxylic acids is 4. The SMILES string of the molecule is O=C(CNC(=O)c1ccc(S(=O)(=O)Nc2ccccc2C(=O)c2ccccc2)cc1)NC(=O)C1CCNCC1. The van der Waals surface area contributed by atoms with Gasteiger partial charge in [-0.15, -0.1) is 0 Å². The van der Waals surface area contributed by atoms with Gasteiger partial charge in [0, 0.05) is 22.6 Å². The largest absolute Gasteiger partial charge is 0.343 e. The number of anilines is 1. The number of imide groups is 1. The lowest BCUT2D eigenvalue weighted by Gasteiger charge is -2.21. The summed E-state index contributed by atoms with van der Waals surface area (Å²) in [4.78, 5) is 49.5. The first-order chi connectivity index (χ1) is 18.7. The van der Waals surface area contributed by atoms with Crippen LogP contribution in [0.5, 0.6) is 0 Å². The third-order valence-corrected chi connectivity index (χ3v) is 7.64. The van der Waals surface area contributed by atoms with Crippen molar-refractivity contribution < 1.29 is 27.6 Å². The van der Waals surface area contributed by atoms with Crippen LogP contribution >= 0.6 is 0 Å². The summed E-state index contributed by atoms with van der Waals surface area (Å²) in [5.74, 6) is -2.15. The predicted octanol–water partition coefficient (Wildman–Crippen LogP) is 2.09. The summed E-state index contributed by atoms with van der Waals surface area (Å²) in [6.07, 6.45) is 1.29. The molecule has 4 rings (SSSR count). The van der Waals surface area contributed by atoms with Crippen molar-refractivity contribution in [2.75, 3.05) is 24.4 Å². The molecule has 202 valence electrons. The van der Waals surface area contributed by atoms with Crippen LogP contribution in [0, 0.1) is 5.92 Å². The monoisotopic (exact) mass is 548 g/mol. The molecule has 1 aliphatic heterocycles. The molecule has 0 aliphatic carbocycles. The molecule has 11 heteroatoms. The van der Waals surface area contributed by atoms with Crippen molar-refractivity contribution in [3.05, 3.63) is 95.6 Å². The van der Waals surface area contributed by atoms with E-state index in [1.54, 1.807) is 42.5 Å². The molecule has 0 bridgehead atoms. The highest BCUT2D eigenvalue weighted by atomic mass is 32.2. The maximum absolute atomic E-state index is 13.0. The molecule has 0 spiro atoms. The molecule has 1 heterocycles. The Morgan fingerprint density at radius 3 is 2.13 bits per heavy atom. The lowest BCUT2D eigenvalue weighted by atomic mass is 9.97. The molecule has 39 heavy (non-hydrogen) atoms. The number of piperidine rings is 1. The molecular formula is C28H28N4O6S. The van der Waals surface area contributed by atoms with Gasteiger partial charge in [-0.1, -0.05) is 42.5 Å². The van der Waals surface area contributed by atoms with E-state index in [4.69, 9.17) is 0 Å². The van der Waals surface area contributed by atoms with Crippen LogP contribution in [0.1, 0.15) is 39.1 Å². The molecule has 0 radical (unpaired) electrons. The Hall–Kier alpha value is -4.35. The van der Waals surface area contributed by atoms with Crippen molar-refractivity contribution in [1.29, 1.82) is 0 Å². The van der Waals surface area contributed by atoms with Gasteiger partial charge < -0.3 is 10.6 Å². The fourth-order valence-corrected chi connectivity index (χ4v) is 5.21. The Labute approximate surface area is 226 Å². The number of amides is 3. The van der Waals surface area contributed by atoms with E-state index in [0.717, 1.165) is 0 Å². The zero-order valence-electron chi connectivity index (χ0n) is 21.0. The van der Waals surface area contributed by atoms with E-state index in [2.05, 4.69) is 20.7 Å². The maximum Gasteiger partial charge on any atom is 0.261 e. The number of hydrogen-bond acceptors (Lipinski definition) is 7. The fourth-order valence-electron chi connectivity index (χ4n) is 4.13. The number of ketones is 1. The van der Waals surface area contributed by atoms with Gasteiger partial charge in [0.15, 0.2) is 5.78 Å². The summed E-state index contributed by atoms with van der Waals surface area (Å²) >= 11 is 0. The molecule has 1 fully saturated rings. The second-order valence-electron chi connectivity index (χ2n) is 8.99. The minimum Gasteiger partial charge on any atom is -0.343 e. The Kier molecular flexibility index (Phi) is 8.84. The highest BCUT2D eigenvalue weighted by Gasteiger charge is 2.23. The standard InChI is InChI=1S/C28H28N4O6S/c33-25(31-28(36)21-14-16-29-17-15-21)18-30-27(35)20-10-12-22(13-11-20)39(37,38)32-24-9-5-4-8-23(24)26(34)19-6-2-1-3-7-19/h1-13,21,29,32H,14-18H2,(H,30,35)(H,31,33,36). The summed E-state index contributed by atoms with van der Waals surface area (Å²) in [5.41, 5.74) is 0.869. The van der Waals surface area contributed by atoms with Crippen LogP contribution in [0.25, 0.3) is 0 Å². The first-order valence-corrected chi connectivity index (χ1v) is 13.9. The molecule has 0 unspecified atom stereocenters. The molecule has 3 aromatic carbocycles. The van der Waals surface area contributed by atoms with Crippen LogP contribution in [0.15, 0.2) is 83.8 Å². The van der Waals surface area contributed by atoms with E-state index in [1.165, 1.54) is 36.4 Å². The summed E-state index contributed by atoms with van der Waals surface area (Å²) in [5, 5.41) is 7.86. The third-order valence-electron chi connectivity index (χ3n) is 6.26. The minimum absolute atomic E-state index is 0.119. The highest BCUT2D eigenvalue weighted by molar-refractivity contribution is 7.92. The summed E-state index contributed by atoms with van der Waals surface area (Å²) in [7, 11) is -4.08. The normalized spacial score (nSPS) is 13.7. The van der Waals surface area contributed by atoms with Crippen molar-refractivity contribution in [1.82, 2.24) is 16.0 Å². The summed E-state index contributed by atoms with van der Waals surface area (Å²) in [6, 6.07) is 19.9. The average molecular weight is 549 g/mol. The van der Waals surface area contributed by atoms with E-state index in [-0.39, 0.29) is 39.3 Å². The molecule has 0 atom stereocenters. The first-order valence-electron chi connectivity index (χ1n) is 12.4. The highest BCUT2D eigenvalue weighted by Crippen LogP contribution is 2.23. The number of para-hydroxylation sites is 1. The van der Waals surface area contributed by atoms with Gasteiger partial charge in [0.05, 0.1) is 17.1 Å². The zero-order valence-corrected chi connectivity index (χ0v) is 21.8. The summed E-state index contributed by atoms with van der Waals surface area (Å²) < 4.78 is 28.5. The van der Waals surface area contributed by atoms with E-state index < -0.39 is 28.4 Å². The van der Waals surface area contributed by atoms with Crippen molar-refractivity contribution >= 4 is 39.2 Å². The quantitative estimate of drug-likeness (QED) is 0.299. The van der Waals surface area contributed by atoms with Crippen LogP contribution in [-0.2, 0) is 19.6 Å². The van der Waals surface area contributed by atoms with Crippen molar-refractivity contribution in [2.24, 2.45) is 5.92 Å². The van der Waals surface area contributed by atoms with Crippen molar-refractivity contribution in [3.8, 4) is 0 Å². The van der Waals surface area contributed by atoms with E-state index >= 15 is 0 Å². The van der Waals surface area contributed by atoms with Gasteiger partial charge >= 0.3 is 0 Å². The molecule has 4 N–H and O–H groups in total. The molecule has 0 aromatic heterocycles. The topological polar surface area (TPSA) is 151 Å². The second kappa shape index (κ2) is 12.5. The Bertz CT molecular complexity index is 1470.